The molecule has 1 heterocycles. The van der Waals surface area contributed by atoms with Gasteiger partial charge in [0.1, 0.15) is 11.6 Å². The van der Waals surface area contributed by atoms with E-state index in [9.17, 15) is 0 Å². The Morgan fingerprint density at radius 1 is 1.32 bits per heavy atom. The second-order valence-electron chi connectivity index (χ2n) is 6.29. The van der Waals surface area contributed by atoms with Crippen molar-refractivity contribution < 1.29 is 0 Å². The third kappa shape index (κ3) is 3.68. The first-order valence-corrected chi connectivity index (χ1v) is 8.08. The third-order valence-corrected chi connectivity index (χ3v) is 4.73. The van der Waals surface area contributed by atoms with Crippen molar-refractivity contribution in [2.45, 2.75) is 58.8 Å². The molecule has 1 aliphatic rings. The van der Waals surface area contributed by atoms with Crippen LogP contribution < -0.4 is 5.73 Å². The normalized spacial score (nSPS) is 23.8. The Balaban J connectivity index is 2.27. The van der Waals surface area contributed by atoms with Gasteiger partial charge in [-0.15, -0.1) is 0 Å². The van der Waals surface area contributed by atoms with Crippen molar-refractivity contribution in [2.24, 2.45) is 11.8 Å². The molecule has 0 aliphatic heterocycles. The van der Waals surface area contributed by atoms with Crippen molar-refractivity contribution in [1.82, 2.24) is 9.97 Å². The monoisotopic (exact) mass is 325 g/mol. The van der Waals surface area contributed by atoms with Gasteiger partial charge in [0.05, 0.1) is 10.2 Å². The molecular weight excluding hydrogens is 302 g/mol. The van der Waals surface area contributed by atoms with Gasteiger partial charge in [0.2, 0.25) is 0 Å². The number of anilines is 1. The van der Waals surface area contributed by atoms with Crippen molar-refractivity contribution in [3.05, 3.63) is 16.0 Å². The van der Waals surface area contributed by atoms with E-state index < -0.39 is 0 Å². The Kier molecular flexibility index (Phi) is 4.82. The summed E-state index contributed by atoms with van der Waals surface area (Å²) in [7, 11) is 0. The summed E-state index contributed by atoms with van der Waals surface area (Å²) >= 11 is 3.53. The van der Waals surface area contributed by atoms with E-state index in [1.807, 2.05) is 0 Å². The molecule has 2 unspecified atom stereocenters. The van der Waals surface area contributed by atoms with Crippen LogP contribution in [-0.4, -0.2) is 9.97 Å². The molecule has 106 valence electrons. The van der Waals surface area contributed by atoms with Crippen LogP contribution in [-0.2, 0) is 6.42 Å². The lowest BCUT2D eigenvalue weighted by molar-refractivity contribution is 0.334. The van der Waals surface area contributed by atoms with Crippen LogP contribution in [0.4, 0.5) is 5.82 Å². The highest BCUT2D eigenvalue weighted by Gasteiger charge is 2.24. The van der Waals surface area contributed by atoms with Gasteiger partial charge in [0, 0.05) is 5.92 Å². The molecule has 0 radical (unpaired) electrons. The van der Waals surface area contributed by atoms with Gasteiger partial charge >= 0.3 is 0 Å². The maximum Gasteiger partial charge on any atom is 0.141 e. The predicted octanol–water partition coefficient (Wildman–Crippen LogP) is 4.31. The zero-order chi connectivity index (χ0) is 14.0. The quantitative estimate of drug-likeness (QED) is 0.900. The van der Waals surface area contributed by atoms with Crippen molar-refractivity contribution in [1.29, 1.82) is 0 Å². The van der Waals surface area contributed by atoms with Gasteiger partial charge in [-0.25, -0.2) is 9.97 Å². The summed E-state index contributed by atoms with van der Waals surface area (Å²) in [6.07, 6.45) is 5.96. The molecule has 1 aromatic rings. The van der Waals surface area contributed by atoms with Crippen molar-refractivity contribution in [2.75, 3.05) is 5.73 Å². The molecule has 3 nitrogen and oxygen atoms in total. The third-order valence-electron chi connectivity index (χ3n) is 3.87. The van der Waals surface area contributed by atoms with E-state index in [2.05, 4.69) is 41.7 Å². The van der Waals surface area contributed by atoms with Crippen LogP contribution in [0.5, 0.6) is 0 Å². The van der Waals surface area contributed by atoms with E-state index >= 15 is 0 Å². The molecule has 0 aromatic carbocycles. The van der Waals surface area contributed by atoms with Crippen molar-refractivity contribution >= 4 is 21.7 Å². The van der Waals surface area contributed by atoms with Crippen LogP contribution in [0.25, 0.3) is 0 Å². The van der Waals surface area contributed by atoms with Crippen molar-refractivity contribution in [3.63, 3.8) is 0 Å². The zero-order valence-electron chi connectivity index (χ0n) is 12.1. The van der Waals surface area contributed by atoms with Crippen LogP contribution in [0.1, 0.15) is 63.9 Å². The second kappa shape index (κ2) is 6.21. The summed E-state index contributed by atoms with van der Waals surface area (Å²) in [5, 5.41) is 0. The number of nitrogens with zero attached hydrogens (tertiary/aromatic N) is 2. The molecular formula is C15H24BrN3. The average molecular weight is 326 g/mol. The number of hydrogen-bond donors (Lipinski definition) is 1. The van der Waals surface area contributed by atoms with E-state index in [1.54, 1.807) is 0 Å². The van der Waals surface area contributed by atoms with Gasteiger partial charge in [-0.05, 0) is 47.0 Å². The van der Waals surface area contributed by atoms with Crippen LogP contribution in [0.2, 0.25) is 0 Å². The minimum absolute atomic E-state index is 0.491. The molecule has 2 atom stereocenters. The van der Waals surface area contributed by atoms with Crippen LogP contribution in [0.3, 0.4) is 0 Å². The van der Waals surface area contributed by atoms with Gasteiger partial charge in [0.15, 0.2) is 0 Å². The first kappa shape index (κ1) is 14.8. The topological polar surface area (TPSA) is 51.8 Å². The molecule has 1 aromatic heterocycles. The standard InChI is InChI=1S/C15H24BrN3/c1-9(2)7-12-13(16)14(17)19-15(18-12)11-6-4-5-10(3)8-11/h9-11H,4-8H2,1-3H3,(H2,17,18,19). The number of nitrogens with two attached hydrogens (primary N) is 1. The maximum atomic E-state index is 6.04. The first-order chi connectivity index (χ1) is 8.97. The smallest absolute Gasteiger partial charge is 0.141 e. The summed E-state index contributed by atoms with van der Waals surface area (Å²) in [4.78, 5) is 9.31. The number of nitrogen functional groups attached to an aromatic ring is 1. The van der Waals surface area contributed by atoms with Gasteiger partial charge < -0.3 is 5.73 Å². The molecule has 19 heavy (non-hydrogen) atoms. The molecule has 1 fully saturated rings. The summed E-state index contributed by atoms with van der Waals surface area (Å²) in [6, 6.07) is 0. The molecule has 1 saturated carbocycles. The Labute approximate surface area is 124 Å². The highest BCUT2D eigenvalue weighted by Crippen LogP contribution is 2.36. The molecule has 0 amide bonds. The summed E-state index contributed by atoms with van der Waals surface area (Å²) < 4.78 is 0.883. The lowest BCUT2D eigenvalue weighted by atomic mass is 9.82. The first-order valence-electron chi connectivity index (χ1n) is 7.29. The number of hydrogen-bond acceptors (Lipinski definition) is 3. The highest BCUT2D eigenvalue weighted by atomic mass is 79.9. The van der Waals surface area contributed by atoms with Crippen molar-refractivity contribution in [3.8, 4) is 0 Å². The molecule has 4 heteroatoms. The molecule has 2 rings (SSSR count). The predicted molar refractivity (Wildman–Crippen MR) is 83.1 cm³/mol. The van der Waals surface area contributed by atoms with Crippen LogP contribution in [0, 0.1) is 11.8 Å². The highest BCUT2D eigenvalue weighted by molar-refractivity contribution is 9.10. The second-order valence-corrected chi connectivity index (χ2v) is 7.09. The lowest BCUT2D eigenvalue weighted by Crippen LogP contribution is -2.16. The largest absolute Gasteiger partial charge is 0.383 e. The summed E-state index contributed by atoms with van der Waals surface area (Å²) in [6.45, 7) is 6.73. The average Bonchev–Trinajstić information content (AvgIpc) is 2.34. The van der Waals surface area contributed by atoms with Gasteiger partial charge in [-0.1, -0.05) is 33.6 Å². The zero-order valence-corrected chi connectivity index (χ0v) is 13.7. The van der Waals surface area contributed by atoms with Crippen LogP contribution >= 0.6 is 15.9 Å². The van der Waals surface area contributed by atoms with Gasteiger partial charge in [-0.2, -0.15) is 0 Å². The minimum Gasteiger partial charge on any atom is -0.383 e. The van der Waals surface area contributed by atoms with Gasteiger partial charge in [-0.3, -0.25) is 0 Å². The SMILES string of the molecule is CC(C)Cc1nc(C2CCCC(C)C2)nc(N)c1Br. The van der Waals surface area contributed by atoms with Crippen LogP contribution in [0.15, 0.2) is 4.47 Å². The van der Waals surface area contributed by atoms with E-state index in [1.165, 1.54) is 25.7 Å². The van der Waals surface area contributed by atoms with E-state index in [4.69, 9.17) is 10.7 Å². The Hall–Kier alpha value is -0.640. The number of aromatic nitrogens is 2. The van der Waals surface area contributed by atoms with Gasteiger partial charge in [0.25, 0.3) is 0 Å². The van der Waals surface area contributed by atoms with E-state index in [0.717, 1.165) is 28.3 Å². The molecule has 1 aliphatic carbocycles. The fourth-order valence-electron chi connectivity index (χ4n) is 2.91. The fraction of sp³-hybridized carbons (Fsp3) is 0.733. The molecule has 0 bridgehead atoms. The fourth-order valence-corrected chi connectivity index (χ4v) is 3.25. The number of rotatable bonds is 3. The number of halogens is 1. The summed E-state index contributed by atoms with van der Waals surface area (Å²) in [5.74, 6) is 3.40. The Morgan fingerprint density at radius 2 is 2.05 bits per heavy atom. The minimum atomic E-state index is 0.491. The molecule has 0 spiro atoms. The Morgan fingerprint density at radius 3 is 2.68 bits per heavy atom. The van der Waals surface area contributed by atoms with E-state index in [0.29, 0.717) is 17.7 Å². The Bertz CT molecular complexity index is 445. The lowest BCUT2D eigenvalue weighted by Gasteiger charge is -2.26. The molecule has 0 saturated heterocycles. The van der Waals surface area contributed by atoms with E-state index in [-0.39, 0.29) is 0 Å². The molecule has 2 N–H and O–H groups in total. The maximum absolute atomic E-state index is 6.04. The summed E-state index contributed by atoms with van der Waals surface area (Å²) in [5.41, 5.74) is 7.11.